The lowest BCUT2D eigenvalue weighted by Crippen LogP contribution is -2.25. The molecule has 0 bridgehead atoms. The van der Waals surface area contributed by atoms with Gasteiger partial charge in [0.15, 0.2) is 0 Å². The molecule has 2 unspecified atom stereocenters. The first-order valence-electron chi connectivity index (χ1n) is 9.40. The first kappa shape index (κ1) is 22.3. The summed E-state index contributed by atoms with van der Waals surface area (Å²) in [5, 5.41) is 20.5. The summed E-state index contributed by atoms with van der Waals surface area (Å²) in [6.45, 7) is 12.6. The lowest BCUT2D eigenvalue weighted by Gasteiger charge is -2.25. The summed E-state index contributed by atoms with van der Waals surface area (Å²) < 4.78 is 0. The molecule has 3 N–H and O–H groups in total. The predicted molar refractivity (Wildman–Crippen MR) is 107 cm³/mol. The molecule has 0 fully saturated rings. The molecule has 0 aromatic rings. The van der Waals surface area contributed by atoms with Crippen LogP contribution >= 0.6 is 0 Å². The summed E-state index contributed by atoms with van der Waals surface area (Å²) in [6.07, 6.45) is 8.30. The van der Waals surface area contributed by atoms with E-state index in [1.807, 2.05) is 0 Å². The van der Waals surface area contributed by atoms with E-state index >= 15 is 0 Å². The Morgan fingerprint density at radius 2 is 2.00 bits per heavy atom. The number of nitrogens with one attached hydrogen (secondary N) is 1. The maximum atomic E-state index is 11.7. The molecular formula is C21H34N2O3. The van der Waals surface area contributed by atoms with Crippen LogP contribution in [-0.2, 0) is 0 Å². The Kier molecular flexibility index (Phi) is 9.52. The highest BCUT2D eigenvalue weighted by Crippen LogP contribution is 2.34. The Balaban J connectivity index is 2.56. The average Bonchev–Trinajstić information content (AvgIpc) is 2.96. The Morgan fingerprint density at radius 3 is 2.54 bits per heavy atom. The molecule has 0 saturated carbocycles. The van der Waals surface area contributed by atoms with Crippen LogP contribution in [0.5, 0.6) is 0 Å². The molecule has 26 heavy (non-hydrogen) atoms. The second kappa shape index (κ2) is 11.1. The maximum absolute atomic E-state index is 11.7. The van der Waals surface area contributed by atoms with Crippen LogP contribution in [0.2, 0.25) is 0 Å². The van der Waals surface area contributed by atoms with Gasteiger partial charge in [0.2, 0.25) is 0 Å². The monoisotopic (exact) mass is 362 g/mol. The van der Waals surface area contributed by atoms with Crippen molar-refractivity contribution in [3.05, 3.63) is 36.0 Å². The van der Waals surface area contributed by atoms with Crippen LogP contribution in [0.3, 0.4) is 0 Å². The normalized spacial score (nSPS) is 18.8. The molecule has 5 nitrogen and oxygen atoms in total. The Labute approximate surface area is 157 Å². The molecule has 0 saturated heterocycles. The van der Waals surface area contributed by atoms with E-state index in [0.717, 1.165) is 12.8 Å². The summed E-state index contributed by atoms with van der Waals surface area (Å²) in [7, 11) is 0. The lowest BCUT2D eigenvalue weighted by molar-refractivity contribution is 0.248. The third kappa shape index (κ3) is 6.54. The number of aliphatic imine (C=N–C) groups is 1. The Hall–Kier alpha value is -1.72. The van der Waals surface area contributed by atoms with Gasteiger partial charge in [-0.3, -0.25) is 0 Å². The molecule has 0 aromatic heterocycles. The molecule has 3 atom stereocenters. The standard InChI is InChI=1S/C21H34N2O3/c1-6-17(15(4)14(2)3)11-19-8-7-18(16(19)5)9-10-22-21(26)23-20(12-24)13-25/h6-8,14-15,17-18,24-25H,1,9-13H2,2-5H3,(H,22,26)/t15?,17-,18?/m1/s1. The number of hydrogen-bond acceptors (Lipinski definition) is 3. The van der Waals surface area contributed by atoms with Crippen LogP contribution in [0.1, 0.15) is 40.5 Å². The van der Waals surface area contributed by atoms with Gasteiger partial charge in [0.1, 0.15) is 0 Å². The largest absolute Gasteiger partial charge is 0.390 e. The van der Waals surface area contributed by atoms with Gasteiger partial charge in [-0.05, 0) is 49.0 Å². The lowest BCUT2D eigenvalue weighted by atomic mass is 9.80. The third-order valence-corrected chi connectivity index (χ3v) is 5.43. The van der Waals surface area contributed by atoms with E-state index in [2.05, 4.69) is 62.8 Å². The minimum atomic E-state index is -0.524. The van der Waals surface area contributed by atoms with Gasteiger partial charge in [-0.2, -0.15) is 4.99 Å². The topological polar surface area (TPSA) is 81.9 Å². The molecule has 5 heteroatoms. The average molecular weight is 363 g/mol. The van der Waals surface area contributed by atoms with Gasteiger partial charge < -0.3 is 15.5 Å². The first-order chi connectivity index (χ1) is 12.3. The molecule has 0 aromatic carbocycles. The molecule has 0 heterocycles. The van der Waals surface area contributed by atoms with Crippen LogP contribution in [-0.4, -0.2) is 41.7 Å². The van der Waals surface area contributed by atoms with E-state index in [-0.39, 0.29) is 5.71 Å². The quantitative estimate of drug-likeness (QED) is 0.411. The third-order valence-electron chi connectivity index (χ3n) is 5.43. The highest BCUT2D eigenvalue weighted by molar-refractivity contribution is 5.96. The second-order valence-electron chi connectivity index (χ2n) is 7.40. The molecule has 0 aliphatic heterocycles. The van der Waals surface area contributed by atoms with Crippen LogP contribution in [0.15, 0.2) is 40.9 Å². The van der Waals surface area contributed by atoms with Crippen LogP contribution < -0.4 is 5.32 Å². The predicted octanol–water partition coefficient (Wildman–Crippen LogP) is 3.50. The van der Waals surface area contributed by atoms with Crippen molar-refractivity contribution in [1.29, 1.82) is 0 Å². The van der Waals surface area contributed by atoms with Crippen molar-refractivity contribution in [1.82, 2.24) is 5.32 Å². The van der Waals surface area contributed by atoms with Crippen molar-refractivity contribution in [3.63, 3.8) is 0 Å². The van der Waals surface area contributed by atoms with Crippen molar-refractivity contribution in [3.8, 4) is 0 Å². The SMILES string of the molecule is C=C[C@H](CC1=C(C)C(CCNC(=O)N=C(CO)CO)C=C1)C(C)C(C)C. The molecule has 0 spiro atoms. The van der Waals surface area contributed by atoms with Gasteiger partial charge in [-0.1, -0.05) is 44.6 Å². The van der Waals surface area contributed by atoms with Crippen molar-refractivity contribution in [2.75, 3.05) is 19.8 Å². The number of aliphatic hydroxyl groups excluding tert-OH is 2. The van der Waals surface area contributed by atoms with Crippen molar-refractivity contribution in [2.45, 2.75) is 40.5 Å². The number of carbonyl (C=O) groups excluding carboxylic acids is 1. The first-order valence-corrected chi connectivity index (χ1v) is 9.40. The highest BCUT2D eigenvalue weighted by Gasteiger charge is 2.22. The van der Waals surface area contributed by atoms with E-state index in [4.69, 9.17) is 10.2 Å². The maximum Gasteiger partial charge on any atom is 0.341 e. The Morgan fingerprint density at radius 1 is 1.35 bits per heavy atom. The van der Waals surface area contributed by atoms with E-state index in [9.17, 15) is 4.79 Å². The molecule has 1 aliphatic rings. The van der Waals surface area contributed by atoms with Gasteiger partial charge in [0.05, 0.1) is 18.9 Å². The van der Waals surface area contributed by atoms with Gasteiger partial charge in [-0.25, -0.2) is 4.79 Å². The molecule has 1 rings (SSSR count). The number of urea groups is 1. The van der Waals surface area contributed by atoms with E-state index in [1.165, 1.54) is 11.1 Å². The van der Waals surface area contributed by atoms with E-state index in [1.54, 1.807) is 0 Å². The van der Waals surface area contributed by atoms with Gasteiger partial charge in [0, 0.05) is 6.54 Å². The molecule has 1 aliphatic carbocycles. The Bertz CT molecular complexity index is 570. The summed E-state index contributed by atoms with van der Waals surface area (Å²) in [6, 6.07) is -0.524. The summed E-state index contributed by atoms with van der Waals surface area (Å²) in [5.74, 6) is 2.00. The fraction of sp³-hybridized carbons (Fsp3) is 0.619. The van der Waals surface area contributed by atoms with Gasteiger partial charge >= 0.3 is 6.03 Å². The zero-order valence-electron chi connectivity index (χ0n) is 16.5. The molecular weight excluding hydrogens is 328 g/mol. The zero-order chi connectivity index (χ0) is 19.7. The van der Waals surface area contributed by atoms with Gasteiger partial charge in [-0.15, -0.1) is 6.58 Å². The van der Waals surface area contributed by atoms with Crippen LogP contribution in [0.4, 0.5) is 4.79 Å². The number of aliphatic hydroxyl groups is 2. The minimum Gasteiger partial charge on any atom is -0.390 e. The fourth-order valence-corrected chi connectivity index (χ4v) is 3.16. The summed E-state index contributed by atoms with van der Waals surface area (Å²) in [5.41, 5.74) is 2.80. The fourth-order valence-electron chi connectivity index (χ4n) is 3.16. The molecule has 2 amide bonds. The number of rotatable bonds is 10. The van der Waals surface area contributed by atoms with Crippen LogP contribution in [0, 0.1) is 23.7 Å². The molecule has 146 valence electrons. The zero-order valence-corrected chi connectivity index (χ0v) is 16.5. The molecule has 0 radical (unpaired) electrons. The minimum absolute atomic E-state index is 0.0661. The van der Waals surface area contributed by atoms with Crippen molar-refractivity contribution in [2.24, 2.45) is 28.7 Å². The number of allylic oxidation sites excluding steroid dienone is 5. The number of amides is 2. The van der Waals surface area contributed by atoms with Gasteiger partial charge in [0.25, 0.3) is 0 Å². The van der Waals surface area contributed by atoms with Crippen molar-refractivity contribution >= 4 is 11.7 Å². The van der Waals surface area contributed by atoms with E-state index < -0.39 is 19.2 Å². The summed E-state index contributed by atoms with van der Waals surface area (Å²) >= 11 is 0. The van der Waals surface area contributed by atoms with Crippen LogP contribution in [0.25, 0.3) is 0 Å². The number of hydrogen-bond donors (Lipinski definition) is 3. The summed E-state index contributed by atoms with van der Waals surface area (Å²) in [4.78, 5) is 15.3. The second-order valence-corrected chi connectivity index (χ2v) is 7.40. The smallest absolute Gasteiger partial charge is 0.341 e. The number of carbonyl (C=O) groups is 1. The number of nitrogens with zero attached hydrogens (tertiary/aromatic N) is 1. The highest BCUT2D eigenvalue weighted by atomic mass is 16.3. The van der Waals surface area contributed by atoms with E-state index in [0.29, 0.717) is 30.2 Å². The van der Waals surface area contributed by atoms with Crippen molar-refractivity contribution < 1.29 is 15.0 Å².